The monoisotopic (exact) mass is 486 g/mol. The second-order valence-corrected chi connectivity index (χ2v) is 8.37. The van der Waals surface area contributed by atoms with E-state index >= 15 is 0 Å². The first-order valence-corrected chi connectivity index (χ1v) is 12.2. The molecule has 2 aromatic carbocycles. The zero-order valence-corrected chi connectivity index (χ0v) is 20.2. The summed E-state index contributed by atoms with van der Waals surface area (Å²) in [4.78, 5) is 24.0. The van der Waals surface area contributed by atoms with Gasteiger partial charge in [-0.1, -0.05) is 60.7 Å². The Morgan fingerprint density at radius 3 is 1.49 bits per heavy atom. The number of hydrogen-bond acceptors (Lipinski definition) is 8. The van der Waals surface area contributed by atoms with Crippen molar-refractivity contribution >= 4 is 11.6 Å². The zero-order chi connectivity index (χ0) is 25.1. The predicted octanol–water partition coefficient (Wildman–Crippen LogP) is 2.20. The summed E-state index contributed by atoms with van der Waals surface area (Å²) in [6, 6.07) is 18.1. The molecule has 2 aromatic rings. The molecule has 0 spiro atoms. The van der Waals surface area contributed by atoms with Crippen molar-refractivity contribution in [2.75, 3.05) is 46.2 Å². The largest absolute Gasteiger partial charge is 0.392 e. The second kappa shape index (κ2) is 17.9. The smallest absolute Gasteiger partial charge is 0.176 e. The average Bonchev–Trinajstić information content (AvgIpc) is 2.88. The van der Waals surface area contributed by atoms with Crippen LogP contribution in [-0.4, -0.2) is 80.2 Å². The lowest BCUT2D eigenvalue weighted by Crippen LogP contribution is -2.31. The molecule has 0 aliphatic rings. The van der Waals surface area contributed by atoms with Crippen LogP contribution in [0.15, 0.2) is 60.7 Å². The molecule has 0 aliphatic carbocycles. The first-order chi connectivity index (χ1) is 17.1. The Kier molecular flexibility index (Phi) is 14.7. The first kappa shape index (κ1) is 28.8. The number of rotatable bonds is 20. The topological polar surface area (TPSA) is 117 Å². The normalized spacial score (nSPS) is 12.9. The van der Waals surface area contributed by atoms with Crippen LogP contribution in [0.25, 0.3) is 0 Å². The number of nitrogens with one attached hydrogen (secondary N) is 2. The molecule has 0 radical (unpaired) electrons. The molecule has 0 saturated heterocycles. The highest BCUT2D eigenvalue weighted by Crippen LogP contribution is 2.02. The number of aliphatic hydroxyl groups is 2. The van der Waals surface area contributed by atoms with Gasteiger partial charge in [0.15, 0.2) is 11.6 Å². The lowest BCUT2D eigenvalue weighted by molar-refractivity contribution is -0.0585. The fourth-order valence-corrected chi connectivity index (χ4v) is 3.38. The van der Waals surface area contributed by atoms with Crippen LogP contribution in [-0.2, 0) is 9.47 Å². The van der Waals surface area contributed by atoms with E-state index < -0.39 is 12.2 Å². The summed E-state index contributed by atoms with van der Waals surface area (Å²) < 4.78 is 10.8. The van der Waals surface area contributed by atoms with Gasteiger partial charge in [0.25, 0.3) is 0 Å². The minimum absolute atomic E-state index is 0.000207. The first-order valence-electron chi connectivity index (χ1n) is 12.2. The number of aliphatic hydroxyl groups excluding tert-OH is 2. The van der Waals surface area contributed by atoms with Gasteiger partial charge in [-0.05, 0) is 25.7 Å². The van der Waals surface area contributed by atoms with Crippen LogP contribution in [0.2, 0.25) is 0 Å². The summed E-state index contributed by atoms with van der Waals surface area (Å²) in [7, 11) is 0. The van der Waals surface area contributed by atoms with Gasteiger partial charge < -0.3 is 30.3 Å². The van der Waals surface area contributed by atoms with Crippen LogP contribution in [0.5, 0.6) is 0 Å². The second-order valence-electron chi connectivity index (χ2n) is 8.37. The SMILES string of the molecule is O=C(CNCC(O)CCCOCOCCCC(O)CNCC(=O)c1ccccc1)c1ccccc1. The molecule has 8 heteroatoms. The average molecular weight is 487 g/mol. The Balaban J connectivity index is 1.36. The van der Waals surface area contributed by atoms with Crippen LogP contribution < -0.4 is 10.6 Å². The lowest BCUT2D eigenvalue weighted by atomic mass is 10.1. The van der Waals surface area contributed by atoms with E-state index in [0.717, 1.165) is 0 Å². The van der Waals surface area contributed by atoms with E-state index in [-0.39, 0.29) is 31.4 Å². The summed E-state index contributed by atoms with van der Waals surface area (Å²) in [5.74, 6) is 0.000414. The molecule has 192 valence electrons. The van der Waals surface area contributed by atoms with Gasteiger partial charge in [0.2, 0.25) is 0 Å². The van der Waals surface area contributed by atoms with Crippen LogP contribution in [0, 0.1) is 0 Å². The molecule has 0 amide bonds. The fourth-order valence-electron chi connectivity index (χ4n) is 3.38. The summed E-state index contributed by atoms with van der Waals surface area (Å²) in [6.45, 7) is 2.22. The third-order valence-corrected chi connectivity index (χ3v) is 5.34. The molecule has 4 N–H and O–H groups in total. The van der Waals surface area contributed by atoms with E-state index in [1.165, 1.54) is 0 Å². The van der Waals surface area contributed by atoms with Crippen LogP contribution in [0.1, 0.15) is 46.4 Å². The van der Waals surface area contributed by atoms with Crippen LogP contribution in [0.3, 0.4) is 0 Å². The third kappa shape index (κ3) is 13.3. The number of carbonyl (C=O) groups excluding carboxylic acids is 2. The maximum atomic E-state index is 12.0. The van der Waals surface area contributed by atoms with Gasteiger partial charge in [0, 0.05) is 37.4 Å². The van der Waals surface area contributed by atoms with Crippen molar-refractivity contribution in [1.82, 2.24) is 10.6 Å². The molecule has 8 nitrogen and oxygen atoms in total. The van der Waals surface area contributed by atoms with Gasteiger partial charge in [-0.2, -0.15) is 0 Å². The van der Waals surface area contributed by atoms with Crippen molar-refractivity contribution in [2.24, 2.45) is 0 Å². The summed E-state index contributed by atoms with van der Waals surface area (Å²) >= 11 is 0. The number of Topliss-reactive ketones (excluding diaryl/α,β-unsaturated/α-hetero) is 2. The minimum atomic E-state index is -0.541. The Morgan fingerprint density at radius 1 is 0.686 bits per heavy atom. The van der Waals surface area contributed by atoms with Gasteiger partial charge in [-0.25, -0.2) is 0 Å². The standard InChI is InChI=1S/C27H38N2O6/c30-24(17-28-19-26(32)22-9-3-1-4-10-22)13-7-15-34-21-35-16-8-14-25(31)18-29-20-27(33)23-11-5-2-6-12-23/h1-6,9-12,24-25,28-31H,7-8,13-21H2. The molecule has 35 heavy (non-hydrogen) atoms. The Hall–Kier alpha value is -2.46. The summed E-state index contributed by atoms with van der Waals surface area (Å²) in [6.07, 6.45) is 1.43. The highest BCUT2D eigenvalue weighted by Gasteiger charge is 2.09. The highest BCUT2D eigenvalue weighted by molar-refractivity contribution is 5.98. The number of carbonyl (C=O) groups is 2. The van der Waals surface area contributed by atoms with Crippen molar-refractivity contribution in [2.45, 2.75) is 37.9 Å². The number of ether oxygens (including phenoxy) is 2. The van der Waals surface area contributed by atoms with E-state index in [2.05, 4.69) is 10.6 Å². The van der Waals surface area contributed by atoms with E-state index in [4.69, 9.17) is 9.47 Å². The van der Waals surface area contributed by atoms with Gasteiger partial charge >= 0.3 is 0 Å². The third-order valence-electron chi connectivity index (χ3n) is 5.34. The molecule has 0 bridgehead atoms. The maximum absolute atomic E-state index is 12.0. The highest BCUT2D eigenvalue weighted by atomic mass is 16.7. The number of benzene rings is 2. The zero-order valence-electron chi connectivity index (χ0n) is 20.2. The molecular formula is C27H38N2O6. The van der Waals surface area contributed by atoms with Crippen molar-refractivity contribution in [1.29, 1.82) is 0 Å². The van der Waals surface area contributed by atoms with Crippen molar-refractivity contribution in [3.8, 4) is 0 Å². The van der Waals surface area contributed by atoms with Crippen molar-refractivity contribution in [3.63, 3.8) is 0 Å². The molecule has 2 atom stereocenters. The summed E-state index contributed by atoms with van der Waals surface area (Å²) in [5, 5.41) is 26.0. The Labute approximate surface area is 207 Å². The molecule has 0 saturated carbocycles. The molecular weight excluding hydrogens is 448 g/mol. The predicted molar refractivity (Wildman–Crippen MR) is 135 cm³/mol. The molecule has 2 rings (SSSR count). The van der Waals surface area contributed by atoms with Gasteiger partial charge in [-0.3, -0.25) is 9.59 Å². The summed E-state index contributed by atoms with van der Waals surface area (Å²) in [5.41, 5.74) is 1.31. The van der Waals surface area contributed by atoms with Crippen molar-refractivity contribution in [3.05, 3.63) is 71.8 Å². The van der Waals surface area contributed by atoms with Crippen LogP contribution in [0.4, 0.5) is 0 Å². The molecule has 0 fully saturated rings. The maximum Gasteiger partial charge on any atom is 0.176 e. The van der Waals surface area contributed by atoms with Gasteiger partial charge in [-0.15, -0.1) is 0 Å². The van der Waals surface area contributed by atoms with Gasteiger partial charge in [0.1, 0.15) is 6.79 Å². The van der Waals surface area contributed by atoms with Crippen molar-refractivity contribution < 1.29 is 29.3 Å². The van der Waals surface area contributed by atoms with E-state index in [1.807, 2.05) is 36.4 Å². The van der Waals surface area contributed by atoms with E-state index in [0.29, 0.717) is 63.1 Å². The molecule has 0 aromatic heterocycles. The van der Waals surface area contributed by atoms with Gasteiger partial charge in [0.05, 0.1) is 25.3 Å². The number of ketones is 2. The van der Waals surface area contributed by atoms with E-state index in [9.17, 15) is 19.8 Å². The Bertz CT molecular complexity index is 765. The quantitative estimate of drug-likeness (QED) is 0.128. The Morgan fingerprint density at radius 2 is 1.09 bits per heavy atom. The fraction of sp³-hybridized carbons (Fsp3) is 0.481. The van der Waals surface area contributed by atoms with E-state index in [1.54, 1.807) is 24.3 Å². The number of hydrogen-bond donors (Lipinski definition) is 4. The lowest BCUT2D eigenvalue weighted by Gasteiger charge is -2.13. The molecule has 0 heterocycles. The minimum Gasteiger partial charge on any atom is -0.392 e. The molecule has 2 unspecified atom stereocenters. The van der Waals surface area contributed by atoms with Crippen LogP contribution >= 0.6 is 0 Å². The molecule has 0 aliphatic heterocycles.